The van der Waals surface area contributed by atoms with Crippen molar-refractivity contribution in [1.82, 2.24) is 0 Å². The molecule has 0 unspecified atom stereocenters. The molecule has 0 spiro atoms. The van der Waals surface area contributed by atoms with E-state index in [2.05, 4.69) is 22.4 Å². The number of rotatable bonds is 3. The molecule has 0 aromatic heterocycles. The Morgan fingerprint density at radius 1 is 1.33 bits per heavy atom. The topological polar surface area (TPSA) is 21.6 Å². The first-order chi connectivity index (χ1) is 8.74. The van der Waals surface area contributed by atoms with Crippen LogP contribution in [-0.2, 0) is 4.74 Å². The lowest BCUT2D eigenvalue weighted by atomic mass is 9.82. The van der Waals surface area contributed by atoms with E-state index in [-0.39, 0.29) is 11.5 Å². The molecule has 0 radical (unpaired) electrons. The van der Waals surface area contributed by atoms with Gasteiger partial charge in [-0.3, -0.25) is 0 Å². The maximum atomic E-state index is 13.7. The number of benzene rings is 1. The summed E-state index contributed by atoms with van der Waals surface area (Å²) in [5.74, 6) is 0.107. The summed E-state index contributed by atoms with van der Waals surface area (Å²) < 4.78 is 19.1. The van der Waals surface area contributed by atoms with Gasteiger partial charge in [-0.15, -0.1) is 0 Å². The third kappa shape index (κ3) is 3.02. The van der Waals surface area contributed by atoms with Crippen LogP contribution in [-0.4, -0.2) is 18.4 Å². The van der Waals surface area contributed by atoms with E-state index in [9.17, 15) is 4.39 Å². The van der Waals surface area contributed by atoms with Crippen LogP contribution in [0.3, 0.4) is 0 Å². The molecule has 0 saturated heterocycles. The summed E-state index contributed by atoms with van der Waals surface area (Å²) in [4.78, 5) is 3.69. The van der Waals surface area contributed by atoms with Crippen molar-refractivity contribution in [3.8, 4) is 0 Å². The number of aliphatic imine (C=N–C) groups is 1. The number of halogens is 1. The van der Waals surface area contributed by atoms with Gasteiger partial charge in [0.05, 0.1) is 11.3 Å². The van der Waals surface area contributed by atoms with E-state index in [1.165, 1.54) is 0 Å². The Kier molecular flexibility index (Phi) is 4.59. The average molecular weight is 265 g/mol. The first-order valence-corrected chi connectivity index (χ1v) is 6.55. The molecular formula is C14H16FNOS. The van der Waals surface area contributed by atoms with Crippen LogP contribution in [0, 0.1) is 5.82 Å². The molecule has 1 saturated carbocycles. The molecule has 18 heavy (non-hydrogen) atoms. The molecule has 0 N–H and O–H groups in total. The molecule has 1 aromatic carbocycles. The van der Waals surface area contributed by atoms with Crippen LogP contribution in [0.1, 0.15) is 37.2 Å². The summed E-state index contributed by atoms with van der Waals surface area (Å²) in [5.41, 5.74) is 1.31. The van der Waals surface area contributed by atoms with Crippen LogP contribution >= 0.6 is 12.2 Å². The SMILES string of the molecule is COC1CCC(c2ccc(N=C=S)c(F)c2)CC1. The molecule has 96 valence electrons. The molecule has 4 heteroatoms. The van der Waals surface area contributed by atoms with Crippen LogP contribution in [0.4, 0.5) is 10.1 Å². The monoisotopic (exact) mass is 265 g/mol. The fourth-order valence-electron chi connectivity index (χ4n) is 2.55. The third-order valence-electron chi connectivity index (χ3n) is 3.62. The van der Waals surface area contributed by atoms with E-state index in [0.717, 1.165) is 31.2 Å². The van der Waals surface area contributed by atoms with Crippen LogP contribution in [0.15, 0.2) is 23.2 Å². The van der Waals surface area contributed by atoms with Crippen LogP contribution < -0.4 is 0 Å². The normalized spacial score (nSPS) is 23.4. The van der Waals surface area contributed by atoms with Gasteiger partial charge in [-0.05, 0) is 61.5 Å². The Morgan fingerprint density at radius 2 is 2.06 bits per heavy atom. The van der Waals surface area contributed by atoms with E-state index >= 15 is 0 Å². The number of hydrogen-bond acceptors (Lipinski definition) is 3. The quantitative estimate of drug-likeness (QED) is 0.602. The number of isothiocyanates is 1. The molecule has 0 bridgehead atoms. The van der Waals surface area contributed by atoms with Gasteiger partial charge in [0.25, 0.3) is 0 Å². The molecule has 0 heterocycles. The molecule has 2 rings (SSSR count). The second-order valence-electron chi connectivity index (χ2n) is 4.62. The molecule has 0 aliphatic heterocycles. The first kappa shape index (κ1) is 13.3. The molecule has 1 aliphatic rings. The standard InChI is InChI=1S/C14H16FNOS/c1-17-12-5-2-10(3-6-12)11-4-7-14(16-9-18)13(15)8-11/h4,7-8,10,12H,2-3,5-6H2,1H3. The van der Waals surface area contributed by atoms with Gasteiger partial charge >= 0.3 is 0 Å². The third-order valence-corrected chi connectivity index (χ3v) is 3.71. The number of nitrogens with zero attached hydrogens (tertiary/aromatic N) is 1. The fraction of sp³-hybridized carbons (Fsp3) is 0.500. The molecule has 1 aliphatic carbocycles. The van der Waals surface area contributed by atoms with Gasteiger partial charge in [0.2, 0.25) is 0 Å². The highest BCUT2D eigenvalue weighted by molar-refractivity contribution is 7.78. The minimum absolute atomic E-state index is 0.263. The summed E-state index contributed by atoms with van der Waals surface area (Å²) in [6, 6.07) is 5.18. The van der Waals surface area contributed by atoms with Gasteiger partial charge in [0.1, 0.15) is 11.5 Å². The minimum Gasteiger partial charge on any atom is -0.381 e. The summed E-state index contributed by atoms with van der Waals surface area (Å²) in [6.45, 7) is 0. The van der Waals surface area contributed by atoms with Crippen LogP contribution in [0.25, 0.3) is 0 Å². The van der Waals surface area contributed by atoms with Crippen LogP contribution in [0.2, 0.25) is 0 Å². The Morgan fingerprint density at radius 3 is 2.61 bits per heavy atom. The maximum Gasteiger partial charge on any atom is 0.149 e. The predicted octanol–water partition coefficient (Wildman–Crippen LogP) is 4.23. The Balaban J connectivity index is 2.10. The lowest BCUT2D eigenvalue weighted by Crippen LogP contribution is -2.19. The zero-order valence-electron chi connectivity index (χ0n) is 10.4. The van der Waals surface area contributed by atoms with Crippen molar-refractivity contribution in [2.45, 2.75) is 37.7 Å². The first-order valence-electron chi connectivity index (χ1n) is 6.14. The molecule has 2 nitrogen and oxygen atoms in total. The minimum atomic E-state index is -0.321. The van der Waals surface area contributed by atoms with E-state index in [0.29, 0.717) is 12.0 Å². The number of methoxy groups -OCH3 is 1. The second kappa shape index (κ2) is 6.19. The zero-order valence-corrected chi connectivity index (χ0v) is 11.2. The molecule has 1 fully saturated rings. The van der Waals surface area contributed by atoms with Crippen molar-refractivity contribution in [3.63, 3.8) is 0 Å². The van der Waals surface area contributed by atoms with Gasteiger partial charge in [0.15, 0.2) is 0 Å². The van der Waals surface area contributed by atoms with Crippen molar-refractivity contribution in [3.05, 3.63) is 29.6 Å². The smallest absolute Gasteiger partial charge is 0.149 e. The van der Waals surface area contributed by atoms with Gasteiger partial charge in [-0.2, -0.15) is 4.99 Å². The van der Waals surface area contributed by atoms with Crippen molar-refractivity contribution >= 4 is 23.1 Å². The van der Waals surface area contributed by atoms with E-state index < -0.39 is 0 Å². The Labute approximate surface area is 112 Å². The summed E-state index contributed by atoms with van der Waals surface area (Å²) in [6.07, 6.45) is 4.55. The van der Waals surface area contributed by atoms with Crippen molar-refractivity contribution in [1.29, 1.82) is 0 Å². The van der Waals surface area contributed by atoms with E-state index in [1.807, 2.05) is 6.07 Å². The van der Waals surface area contributed by atoms with Crippen molar-refractivity contribution < 1.29 is 9.13 Å². The zero-order chi connectivity index (χ0) is 13.0. The molecular weight excluding hydrogens is 249 g/mol. The highest BCUT2D eigenvalue weighted by Gasteiger charge is 2.22. The van der Waals surface area contributed by atoms with Crippen molar-refractivity contribution in [2.24, 2.45) is 4.99 Å². The lowest BCUT2D eigenvalue weighted by Gasteiger charge is -2.27. The van der Waals surface area contributed by atoms with E-state index in [1.54, 1.807) is 19.2 Å². The predicted molar refractivity (Wildman–Crippen MR) is 73.1 cm³/mol. The second-order valence-corrected chi connectivity index (χ2v) is 4.81. The fourth-order valence-corrected chi connectivity index (χ4v) is 2.65. The molecule has 0 amide bonds. The highest BCUT2D eigenvalue weighted by atomic mass is 32.1. The van der Waals surface area contributed by atoms with Gasteiger partial charge in [-0.25, -0.2) is 4.39 Å². The number of thiocarbonyl (C=S) groups is 1. The van der Waals surface area contributed by atoms with E-state index in [4.69, 9.17) is 4.74 Å². The maximum absolute atomic E-state index is 13.7. The average Bonchev–Trinajstić information content (AvgIpc) is 2.41. The van der Waals surface area contributed by atoms with Gasteiger partial charge < -0.3 is 4.74 Å². The van der Waals surface area contributed by atoms with Crippen molar-refractivity contribution in [2.75, 3.05) is 7.11 Å². The number of ether oxygens (including phenoxy) is 1. The summed E-state index contributed by atoms with van der Waals surface area (Å²) in [5, 5.41) is 2.19. The largest absolute Gasteiger partial charge is 0.381 e. The Bertz CT molecular complexity index is 463. The molecule has 1 aromatic rings. The van der Waals surface area contributed by atoms with Gasteiger partial charge in [-0.1, -0.05) is 6.07 Å². The van der Waals surface area contributed by atoms with Crippen LogP contribution in [0.5, 0.6) is 0 Å². The molecule has 0 atom stereocenters. The highest BCUT2D eigenvalue weighted by Crippen LogP contribution is 2.35. The lowest BCUT2D eigenvalue weighted by molar-refractivity contribution is 0.0658. The summed E-state index contributed by atoms with van der Waals surface area (Å²) in [7, 11) is 1.75. The Hall–Kier alpha value is -1.09. The summed E-state index contributed by atoms with van der Waals surface area (Å²) >= 11 is 4.48. The number of hydrogen-bond donors (Lipinski definition) is 0. The van der Waals surface area contributed by atoms with Gasteiger partial charge in [0, 0.05) is 7.11 Å².